The minimum atomic E-state index is -2.49. The Labute approximate surface area is 260 Å². The number of fused-ring (bicyclic) bond motifs is 4. The first-order valence-electron chi connectivity index (χ1n) is 15.1. The topological polar surface area (TPSA) is 161 Å². The van der Waals surface area contributed by atoms with Gasteiger partial charge in [0.1, 0.15) is 30.0 Å². The summed E-state index contributed by atoms with van der Waals surface area (Å²) in [7, 11) is 0. The average Bonchev–Trinajstić information content (AvgIpc) is 3.24. The van der Waals surface area contributed by atoms with Crippen LogP contribution in [0.15, 0.2) is 41.5 Å². The number of carbonyl (C=O) groups excluding carboxylic acids is 5. The Balaban J connectivity index is 1.70. The van der Waals surface area contributed by atoms with Crippen molar-refractivity contribution in [3.05, 3.63) is 47.0 Å². The van der Waals surface area contributed by atoms with E-state index in [-0.39, 0.29) is 30.6 Å². The zero-order chi connectivity index (χ0) is 32.9. The van der Waals surface area contributed by atoms with E-state index in [2.05, 4.69) is 0 Å². The van der Waals surface area contributed by atoms with Crippen LogP contribution in [0.2, 0.25) is 0 Å². The fraction of sp³-hybridized carbons (Fsp3) is 0.606. The summed E-state index contributed by atoms with van der Waals surface area (Å²) in [5.41, 5.74) is -7.91. The standard InChI is InChI=1S/C33H38O12/c1-16-21(41-17(2)34)14-31-24(16)33(39,28(38)45-29(31,5)6)30(7)22(42-18(3)35)13-23-32(15-40-23,44-19(4)36)25(30)26(31)43-27(37)20-11-9-8-10-12-20/h8-12,21-23,25-26,39H,13-15H2,1-7H3/t21-,22-,23+,25?,26?,30+,31-,32-,33-/m0/s1. The molecule has 5 aliphatic rings. The Hall–Kier alpha value is -3.77. The highest BCUT2D eigenvalue weighted by Gasteiger charge is 2.88. The molecule has 12 heteroatoms. The minimum Gasteiger partial charge on any atom is -0.462 e. The second-order valence-electron chi connectivity index (χ2n) is 13.6. The molecule has 1 aromatic carbocycles. The number of carbonyl (C=O) groups is 5. The Morgan fingerprint density at radius 1 is 0.933 bits per heavy atom. The molecule has 2 heterocycles. The molecule has 12 nitrogen and oxygen atoms in total. The molecule has 9 atom stereocenters. The van der Waals surface area contributed by atoms with Gasteiger partial charge < -0.3 is 33.5 Å². The maximum atomic E-state index is 14.3. The number of rotatable bonds is 5. The molecule has 0 amide bonds. The second-order valence-corrected chi connectivity index (χ2v) is 13.6. The van der Waals surface area contributed by atoms with Crippen LogP contribution in [0.4, 0.5) is 0 Å². The molecule has 1 N–H and O–H groups in total. The summed E-state index contributed by atoms with van der Waals surface area (Å²) in [6, 6.07) is 8.28. The lowest BCUT2D eigenvalue weighted by Crippen LogP contribution is -2.87. The third-order valence-corrected chi connectivity index (χ3v) is 11.0. The van der Waals surface area contributed by atoms with Gasteiger partial charge in [-0.25, -0.2) is 9.59 Å². The first-order chi connectivity index (χ1) is 21.0. The van der Waals surface area contributed by atoms with Crippen LogP contribution in [0, 0.1) is 16.7 Å². The Kier molecular flexibility index (Phi) is 6.84. The molecular weight excluding hydrogens is 588 g/mol. The van der Waals surface area contributed by atoms with Crippen LogP contribution >= 0.6 is 0 Å². The normalized spacial score (nSPS) is 40.4. The summed E-state index contributed by atoms with van der Waals surface area (Å²) in [5.74, 6) is -4.81. The zero-order valence-corrected chi connectivity index (χ0v) is 26.3. The van der Waals surface area contributed by atoms with Crippen molar-refractivity contribution < 1.29 is 57.5 Å². The summed E-state index contributed by atoms with van der Waals surface area (Å²) in [6.07, 6.45) is -4.26. The van der Waals surface area contributed by atoms with Crippen LogP contribution in [0.25, 0.3) is 0 Å². The largest absolute Gasteiger partial charge is 0.462 e. The van der Waals surface area contributed by atoms with E-state index in [4.69, 9.17) is 28.4 Å². The van der Waals surface area contributed by atoms with Crippen molar-refractivity contribution in [2.75, 3.05) is 6.61 Å². The Morgan fingerprint density at radius 2 is 1.58 bits per heavy atom. The number of cyclic esters (lactones) is 1. The number of hydrogen-bond acceptors (Lipinski definition) is 12. The smallest absolute Gasteiger partial charge is 0.343 e. The van der Waals surface area contributed by atoms with Crippen molar-refractivity contribution in [1.29, 1.82) is 0 Å². The Bertz CT molecular complexity index is 1530. The monoisotopic (exact) mass is 626 g/mol. The van der Waals surface area contributed by atoms with Gasteiger partial charge in [0.05, 0.1) is 28.9 Å². The molecular formula is C33H38O12. The highest BCUT2D eigenvalue weighted by Crippen LogP contribution is 2.76. The van der Waals surface area contributed by atoms with Crippen LogP contribution in [0.1, 0.15) is 71.7 Å². The van der Waals surface area contributed by atoms with Gasteiger partial charge in [0.25, 0.3) is 0 Å². The number of benzene rings is 1. The van der Waals surface area contributed by atoms with Crippen molar-refractivity contribution in [1.82, 2.24) is 0 Å². The second kappa shape index (κ2) is 9.86. The molecule has 3 aliphatic carbocycles. The molecule has 0 spiro atoms. The summed E-state index contributed by atoms with van der Waals surface area (Å²) >= 11 is 0. The van der Waals surface area contributed by atoms with Gasteiger partial charge in [-0.1, -0.05) is 25.1 Å². The lowest BCUT2D eigenvalue weighted by Gasteiger charge is -2.74. The van der Waals surface area contributed by atoms with E-state index in [1.54, 1.807) is 58.0 Å². The van der Waals surface area contributed by atoms with Crippen LogP contribution in [-0.4, -0.2) is 82.8 Å². The lowest BCUT2D eigenvalue weighted by atomic mass is 9.37. The molecule has 6 rings (SSSR count). The molecule has 2 aliphatic heterocycles. The highest BCUT2D eigenvalue weighted by molar-refractivity contribution is 5.92. The predicted molar refractivity (Wildman–Crippen MR) is 152 cm³/mol. The summed E-state index contributed by atoms with van der Waals surface area (Å²) in [5, 5.41) is 13.1. The van der Waals surface area contributed by atoms with Crippen LogP contribution in [0.3, 0.4) is 0 Å². The van der Waals surface area contributed by atoms with Crippen molar-refractivity contribution in [2.45, 2.75) is 103 Å². The first kappa shape index (κ1) is 31.2. The van der Waals surface area contributed by atoms with Gasteiger partial charge in [0, 0.05) is 33.6 Å². The maximum Gasteiger partial charge on any atom is 0.343 e. The van der Waals surface area contributed by atoms with Crippen molar-refractivity contribution in [3.63, 3.8) is 0 Å². The lowest BCUT2D eigenvalue weighted by molar-refractivity contribution is -0.381. The predicted octanol–water partition coefficient (Wildman–Crippen LogP) is 2.59. The summed E-state index contributed by atoms with van der Waals surface area (Å²) in [4.78, 5) is 66.0. The van der Waals surface area contributed by atoms with Crippen LogP contribution in [-0.2, 0) is 47.6 Å². The SMILES string of the molecule is CC(=O)O[C@H]1C[C@@]23C(=C1C)[C@](O)(C(=O)OC2(C)C)[C@@]1(C)C(C3OC(=O)c2ccccc2)[C@]2(OC(C)=O)CO[C@@H]2C[C@@H]1OC(C)=O. The van der Waals surface area contributed by atoms with E-state index in [9.17, 15) is 29.1 Å². The molecule has 2 saturated carbocycles. The van der Waals surface area contributed by atoms with E-state index in [1.165, 1.54) is 20.8 Å². The molecule has 4 fully saturated rings. The van der Waals surface area contributed by atoms with E-state index >= 15 is 0 Å². The van der Waals surface area contributed by atoms with Gasteiger partial charge >= 0.3 is 29.8 Å². The molecule has 0 radical (unpaired) electrons. The van der Waals surface area contributed by atoms with Gasteiger partial charge in [-0.05, 0) is 44.1 Å². The molecule has 1 aromatic rings. The van der Waals surface area contributed by atoms with E-state index in [0.29, 0.717) is 5.57 Å². The van der Waals surface area contributed by atoms with Gasteiger partial charge in [-0.2, -0.15) is 0 Å². The van der Waals surface area contributed by atoms with E-state index < -0.39 is 87.8 Å². The molecule has 0 aromatic heterocycles. The summed E-state index contributed by atoms with van der Waals surface area (Å²) < 4.78 is 36.3. The number of aliphatic hydroxyl groups is 1. The first-order valence-corrected chi connectivity index (χ1v) is 15.1. The Morgan fingerprint density at radius 3 is 2.13 bits per heavy atom. The van der Waals surface area contributed by atoms with E-state index in [0.717, 1.165) is 0 Å². The third-order valence-electron chi connectivity index (χ3n) is 11.0. The average molecular weight is 627 g/mol. The van der Waals surface area contributed by atoms with Crippen molar-refractivity contribution >= 4 is 29.8 Å². The fourth-order valence-electron chi connectivity index (χ4n) is 9.24. The number of hydrogen-bond donors (Lipinski definition) is 1. The summed E-state index contributed by atoms with van der Waals surface area (Å²) in [6.45, 7) is 10.1. The quantitative estimate of drug-likeness (QED) is 0.289. The molecule has 242 valence electrons. The van der Waals surface area contributed by atoms with Gasteiger partial charge in [0.15, 0.2) is 11.2 Å². The fourth-order valence-corrected chi connectivity index (χ4v) is 9.24. The van der Waals surface area contributed by atoms with Crippen LogP contribution in [0.5, 0.6) is 0 Å². The highest BCUT2D eigenvalue weighted by atomic mass is 16.6. The molecule has 2 bridgehead atoms. The maximum absolute atomic E-state index is 14.3. The van der Waals surface area contributed by atoms with Crippen molar-refractivity contribution in [3.8, 4) is 0 Å². The molecule has 45 heavy (non-hydrogen) atoms. The van der Waals surface area contributed by atoms with Gasteiger partial charge in [-0.3, -0.25) is 14.4 Å². The molecule has 2 unspecified atom stereocenters. The third kappa shape index (κ3) is 3.87. The zero-order valence-electron chi connectivity index (χ0n) is 26.3. The van der Waals surface area contributed by atoms with Crippen molar-refractivity contribution in [2.24, 2.45) is 16.7 Å². The molecule has 2 saturated heterocycles. The number of esters is 5. The van der Waals surface area contributed by atoms with Gasteiger partial charge in [-0.15, -0.1) is 0 Å². The minimum absolute atomic E-state index is 0.0183. The van der Waals surface area contributed by atoms with Crippen LogP contribution < -0.4 is 0 Å². The van der Waals surface area contributed by atoms with E-state index in [1.807, 2.05) is 0 Å². The van der Waals surface area contributed by atoms with Gasteiger partial charge in [0.2, 0.25) is 0 Å². The number of ether oxygens (including phenoxy) is 6.